The Labute approximate surface area is 110 Å². The summed E-state index contributed by atoms with van der Waals surface area (Å²) in [5.41, 5.74) is 1.24. The summed E-state index contributed by atoms with van der Waals surface area (Å²) in [6, 6.07) is 9.41. The molecule has 3 heteroatoms. The molecule has 0 radical (unpaired) electrons. The average Bonchev–Trinajstić information content (AvgIpc) is 2.45. The van der Waals surface area contributed by atoms with Crippen molar-refractivity contribution in [3.63, 3.8) is 0 Å². The van der Waals surface area contributed by atoms with Crippen LogP contribution in [-0.2, 0) is 6.54 Å². The van der Waals surface area contributed by atoms with Gasteiger partial charge in [0.25, 0.3) is 0 Å². The van der Waals surface area contributed by atoms with E-state index in [0.29, 0.717) is 12.1 Å². The number of benzene rings is 1. The third-order valence-electron chi connectivity index (χ3n) is 3.88. The minimum absolute atomic E-state index is 0.577. The van der Waals surface area contributed by atoms with E-state index in [2.05, 4.69) is 29.8 Å². The van der Waals surface area contributed by atoms with E-state index in [-0.39, 0.29) is 0 Å². The molecule has 1 aliphatic carbocycles. The highest BCUT2D eigenvalue weighted by molar-refractivity contribution is 5.33. The number of hydrogen-bond acceptors (Lipinski definition) is 3. The summed E-state index contributed by atoms with van der Waals surface area (Å²) >= 11 is 0. The normalized spacial score (nSPS) is 23.9. The van der Waals surface area contributed by atoms with Gasteiger partial charge in [-0.2, -0.15) is 0 Å². The standard InChI is InChI=1S/C15H24N2O/c1-16-13-8-4-5-9-14(13)17-11-12-7-3-6-10-15(12)18-2/h3,6-7,10,13-14,16-17H,4-5,8-9,11H2,1-2H3. The van der Waals surface area contributed by atoms with Crippen molar-refractivity contribution >= 4 is 0 Å². The van der Waals surface area contributed by atoms with Crippen molar-refractivity contribution in [2.45, 2.75) is 44.3 Å². The second-order valence-electron chi connectivity index (χ2n) is 4.98. The van der Waals surface area contributed by atoms with Crippen LogP contribution in [0.4, 0.5) is 0 Å². The van der Waals surface area contributed by atoms with Gasteiger partial charge in [0, 0.05) is 24.2 Å². The van der Waals surface area contributed by atoms with Crippen molar-refractivity contribution in [2.75, 3.05) is 14.2 Å². The maximum absolute atomic E-state index is 5.38. The highest BCUT2D eigenvalue weighted by atomic mass is 16.5. The zero-order chi connectivity index (χ0) is 12.8. The van der Waals surface area contributed by atoms with E-state index in [1.165, 1.54) is 31.2 Å². The second-order valence-corrected chi connectivity index (χ2v) is 4.98. The Morgan fingerprint density at radius 1 is 1.17 bits per heavy atom. The van der Waals surface area contributed by atoms with Gasteiger partial charge in [0.1, 0.15) is 5.75 Å². The fourth-order valence-corrected chi connectivity index (χ4v) is 2.81. The van der Waals surface area contributed by atoms with Crippen LogP contribution in [-0.4, -0.2) is 26.2 Å². The molecule has 1 saturated carbocycles. The lowest BCUT2D eigenvalue weighted by molar-refractivity contribution is 0.293. The molecule has 1 aromatic rings. The van der Waals surface area contributed by atoms with Crippen LogP contribution in [0, 0.1) is 0 Å². The largest absolute Gasteiger partial charge is 0.496 e. The average molecular weight is 248 g/mol. The van der Waals surface area contributed by atoms with Gasteiger partial charge in [-0.05, 0) is 26.0 Å². The first-order valence-electron chi connectivity index (χ1n) is 6.87. The van der Waals surface area contributed by atoms with Crippen molar-refractivity contribution in [1.29, 1.82) is 0 Å². The van der Waals surface area contributed by atoms with Crippen LogP contribution in [0.2, 0.25) is 0 Å². The molecule has 2 N–H and O–H groups in total. The summed E-state index contributed by atoms with van der Waals surface area (Å²) in [5.74, 6) is 0.974. The van der Waals surface area contributed by atoms with Crippen LogP contribution in [0.25, 0.3) is 0 Å². The van der Waals surface area contributed by atoms with Gasteiger partial charge in [0.15, 0.2) is 0 Å². The maximum Gasteiger partial charge on any atom is 0.123 e. The summed E-state index contributed by atoms with van der Waals surface area (Å²) in [4.78, 5) is 0. The number of methoxy groups -OCH3 is 1. The van der Waals surface area contributed by atoms with E-state index in [4.69, 9.17) is 4.74 Å². The molecule has 0 amide bonds. The second kappa shape index (κ2) is 6.76. The van der Waals surface area contributed by atoms with Crippen molar-refractivity contribution < 1.29 is 4.74 Å². The van der Waals surface area contributed by atoms with Crippen molar-refractivity contribution in [1.82, 2.24) is 10.6 Å². The molecule has 2 unspecified atom stereocenters. The topological polar surface area (TPSA) is 33.3 Å². The number of para-hydroxylation sites is 1. The highest BCUT2D eigenvalue weighted by Gasteiger charge is 2.23. The van der Waals surface area contributed by atoms with Crippen LogP contribution in [0.15, 0.2) is 24.3 Å². The Kier molecular flexibility index (Phi) is 5.02. The van der Waals surface area contributed by atoms with E-state index in [0.717, 1.165) is 12.3 Å². The van der Waals surface area contributed by atoms with Crippen molar-refractivity contribution in [3.8, 4) is 5.75 Å². The van der Waals surface area contributed by atoms with Crippen LogP contribution in [0.5, 0.6) is 5.75 Å². The summed E-state index contributed by atoms with van der Waals surface area (Å²) in [5, 5.41) is 7.10. The van der Waals surface area contributed by atoms with Gasteiger partial charge < -0.3 is 15.4 Å². The molecular formula is C15H24N2O. The summed E-state index contributed by atoms with van der Waals surface area (Å²) < 4.78 is 5.38. The lowest BCUT2D eigenvalue weighted by atomic mass is 9.90. The molecule has 0 bridgehead atoms. The Morgan fingerprint density at radius 3 is 2.61 bits per heavy atom. The first kappa shape index (κ1) is 13.4. The molecule has 0 aromatic heterocycles. The van der Waals surface area contributed by atoms with Crippen molar-refractivity contribution in [2.24, 2.45) is 0 Å². The monoisotopic (exact) mass is 248 g/mol. The quantitative estimate of drug-likeness (QED) is 0.839. The molecule has 3 nitrogen and oxygen atoms in total. The number of likely N-dealkylation sites (N-methyl/N-ethyl adjacent to an activating group) is 1. The fraction of sp³-hybridized carbons (Fsp3) is 0.600. The van der Waals surface area contributed by atoms with Gasteiger partial charge in [-0.3, -0.25) is 0 Å². The van der Waals surface area contributed by atoms with E-state index < -0.39 is 0 Å². The number of rotatable bonds is 5. The van der Waals surface area contributed by atoms with Gasteiger partial charge in [-0.1, -0.05) is 31.0 Å². The molecule has 1 fully saturated rings. The summed E-state index contributed by atoms with van der Waals surface area (Å²) in [7, 11) is 3.80. The minimum atomic E-state index is 0.577. The van der Waals surface area contributed by atoms with Gasteiger partial charge in [0.05, 0.1) is 7.11 Å². The molecule has 1 aromatic carbocycles. The third kappa shape index (κ3) is 3.24. The molecule has 100 valence electrons. The van der Waals surface area contributed by atoms with Crippen LogP contribution in [0.3, 0.4) is 0 Å². The lowest BCUT2D eigenvalue weighted by Gasteiger charge is -2.32. The summed E-state index contributed by atoms with van der Waals surface area (Å²) in [6.07, 6.45) is 5.22. The van der Waals surface area contributed by atoms with Crippen LogP contribution in [0.1, 0.15) is 31.2 Å². The molecule has 0 saturated heterocycles. The molecule has 1 aliphatic rings. The zero-order valence-corrected chi connectivity index (χ0v) is 11.4. The molecule has 0 heterocycles. The summed E-state index contributed by atoms with van der Waals surface area (Å²) in [6.45, 7) is 0.882. The highest BCUT2D eigenvalue weighted by Crippen LogP contribution is 2.21. The van der Waals surface area contributed by atoms with E-state index in [1.54, 1.807) is 7.11 Å². The molecule has 2 atom stereocenters. The Hall–Kier alpha value is -1.06. The Balaban J connectivity index is 1.93. The number of nitrogens with one attached hydrogen (secondary N) is 2. The number of ether oxygens (including phenoxy) is 1. The van der Waals surface area contributed by atoms with Crippen LogP contribution >= 0.6 is 0 Å². The first-order valence-corrected chi connectivity index (χ1v) is 6.87. The van der Waals surface area contributed by atoms with Crippen molar-refractivity contribution in [3.05, 3.63) is 29.8 Å². The molecule has 18 heavy (non-hydrogen) atoms. The van der Waals surface area contributed by atoms with Gasteiger partial charge in [-0.15, -0.1) is 0 Å². The zero-order valence-electron chi connectivity index (χ0n) is 11.4. The van der Waals surface area contributed by atoms with E-state index in [1.807, 2.05) is 12.1 Å². The Morgan fingerprint density at radius 2 is 1.89 bits per heavy atom. The minimum Gasteiger partial charge on any atom is -0.496 e. The number of hydrogen-bond donors (Lipinski definition) is 2. The van der Waals surface area contributed by atoms with Gasteiger partial charge in [-0.25, -0.2) is 0 Å². The van der Waals surface area contributed by atoms with Crippen LogP contribution < -0.4 is 15.4 Å². The molecule has 0 aliphatic heterocycles. The maximum atomic E-state index is 5.38. The third-order valence-corrected chi connectivity index (χ3v) is 3.88. The molecule has 0 spiro atoms. The smallest absolute Gasteiger partial charge is 0.123 e. The molecular weight excluding hydrogens is 224 g/mol. The SMILES string of the molecule is CNC1CCCCC1NCc1ccccc1OC. The van der Waals surface area contributed by atoms with E-state index in [9.17, 15) is 0 Å². The van der Waals surface area contributed by atoms with Gasteiger partial charge >= 0.3 is 0 Å². The predicted octanol–water partition coefficient (Wildman–Crippen LogP) is 2.32. The first-order chi connectivity index (χ1) is 8.85. The molecule has 2 rings (SSSR count). The fourth-order valence-electron chi connectivity index (χ4n) is 2.81. The lowest BCUT2D eigenvalue weighted by Crippen LogP contribution is -2.48. The van der Waals surface area contributed by atoms with Gasteiger partial charge in [0.2, 0.25) is 0 Å². The van der Waals surface area contributed by atoms with E-state index >= 15 is 0 Å². The Bertz CT molecular complexity index is 367. The predicted molar refractivity (Wildman–Crippen MR) is 74.9 cm³/mol.